The van der Waals surface area contributed by atoms with E-state index in [1.165, 1.54) is 0 Å². The largest absolute Gasteiger partial charge is 0.395 e. The molecule has 110 valence electrons. The van der Waals surface area contributed by atoms with E-state index in [-0.39, 0.29) is 13.2 Å². The molecule has 6 heteroatoms. The average molecular weight is 284 g/mol. The number of rotatable bonds is 5. The summed E-state index contributed by atoms with van der Waals surface area (Å²) in [4.78, 5) is 13.2. The number of nitrogens with zero attached hydrogens (tertiary/aromatic N) is 1. The van der Waals surface area contributed by atoms with Crippen LogP contribution in [0.3, 0.4) is 0 Å². The third-order valence-corrected chi connectivity index (χ3v) is 3.31. The summed E-state index contributed by atoms with van der Waals surface area (Å²) < 4.78 is 24.9. The zero-order valence-electron chi connectivity index (χ0n) is 11.1. The molecule has 0 aromatic heterocycles. The highest BCUT2D eigenvalue weighted by Gasteiger charge is 2.20. The average Bonchev–Trinajstić information content (AvgIpc) is 2.45. The van der Waals surface area contributed by atoms with Crippen molar-refractivity contribution in [3.63, 3.8) is 0 Å². The minimum absolute atomic E-state index is 0.0848. The Balaban J connectivity index is 2.17. The summed E-state index contributed by atoms with van der Waals surface area (Å²) in [5, 5.41) is 12.1. The zero-order valence-corrected chi connectivity index (χ0v) is 11.1. The minimum atomic E-state index is -2.61. The summed E-state index contributed by atoms with van der Waals surface area (Å²) >= 11 is 0. The van der Waals surface area contributed by atoms with Gasteiger partial charge in [-0.3, -0.25) is 4.79 Å². The lowest BCUT2D eigenvalue weighted by atomic mass is 10.0. The number of hydrogen-bond donors (Lipinski definition) is 2. The van der Waals surface area contributed by atoms with Crippen LogP contribution in [0.25, 0.3) is 0 Å². The van der Waals surface area contributed by atoms with Gasteiger partial charge < -0.3 is 15.3 Å². The van der Waals surface area contributed by atoms with Gasteiger partial charge in [0.15, 0.2) is 0 Å². The molecule has 0 bridgehead atoms. The maximum atomic E-state index is 12.5. The summed E-state index contributed by atoms with van der Waals surface area (Å²) in [6.07, 6.45) is -0.745. The molecule has 2 N–H and O–H groups in total. The highest BCUT2D eigenvalue weighted by Crippen LogP contribution is 2.23. The fourth-order valence-corrected chi connectivity index (χ4v) is 2.35. The van der Waals surface area contributed by atoms with Crippen molar-refractivity contribution in [2.45, 2.75) is 19.3 Å². The molecule has 1 aromatic rings. The Labute approximate surface area is 116 Å². The molecule has 0 saturated carbocycles. The summed E-state index contributed by atoms with van der Waals surface area (Å²) in [6.45, 7) is -0.166. The summed E-state index contributed by atoms with van der Waals surface area (Å²) in [7, 11) is 0. The van der Waals surface area contributed by atoms with Crippen molar-refractivity contribution < 1.29 is 18.7 Å². The molecule has 0 aliphatic carbocycles. The van der Waals surface area contributed by atoms with Crippen LogP contribution in [0.4, 0.5) is 14.5 Å². The fourth-order valence-electron chi connectivity index (χ4n) is 2.35. The van der Waals surface area contributed by atoms with E-state index in [0.29, 0.717) is 5.56 Å². The molecule has 1 amide bonds. The molecule has 2 rings (SSSR count). The Morgan fingerprint density at radius 2 is 2.25 bits per heavy atom. The van der Waals surface area contributed by atoms with Crippen molar-refractivity contribution in [3.05, 3.63) is 29.3 Å². The third kappa shape index (κ3) is 3.45. The van der Waals surface area contributed by atoms with Crippen LogP contribution in [-0.2, 0) is 6.42 Å². The maximum Gasteiger partial charge on any atom is 0.255 e. The van der Waals surface area contributed by atoms with Crippen molar-refractivity contribution in [3.8, 4) is 0 Å². The van der Waals surface area contributed by atoms with Crippen LogP contribution in [0.15, 0.2) is 18.2 Å². The number of aliphatic hydroxyl groups excluding tert-OH is 1. The van der Waals surface area contributed by atoms with Crippen LogP contribution < -0.4 is 5.32 Å². The lowest BCUT2D eigenvalue weighted by Crippen LogP contribution is -2.37. The van der Waals surface area contributed by atoms with Crippen LogP contribution in [0.2, 0.25) is 0 Å². The third-order valence-electron chi connectivity index (χ3n) is 3.31. The highest BCUT2D eigenvalue weighted by molar-refractivity contribution is 5.95. The van der Waals surface area contributed by atoms with Crippen molar-refractivity contribution in [2.24, 2.45) is 0 Å². The van der Waals surface area contributed by atoms with E-state index in [4.69, 9.17) is 5.11 Å². The van der Waals surface area contributed by atoms with Gasteiger partial charge in [0.05, 0.1) is 13.2 Å². The van der Waals surface area contributed by atoms with Gasteiger partial charge in [-0.15, -0.1) is 0 Å². The number of benzene rings is 1. The van der Waals surface area contributed by atoms with Crippen molar-refractivity contribution in [1.29, 1.82) is 0 Å². The first-order chi connectivity index (χ1) is 9.61. The van der Waals surface area contributed by atoms with Gasteiger partial charge in [-0.25, -0.2) is 8.78 Å². The molecule has 0 fully saturated rings. The van der Waals surface area contributed by atoms with Crippen LogP contribution in [0.5, 0.6) is 0 Å². The number of hydrogen-bond acceptors (Lipinski definition) is 3. The number of amides is 1. The van der Waals surface area contributed by atoms with Gasteiger partial charge in [-0.05, 0) is 36.6 Å². The summed E-state index contributed by atoms with van der Waals surface area (Å²) in [6, 6.07) is 5.19. The van der Waals surface area contributed by atoms with Crippen molar-refractivity contribution in [2.75, 3.05) is 31.6 Å². The molecular formula is C14H18F2N2O2. The molecule has 1 aromatic carbocycles. The molecule has 4 nitrogen and oxygen atoms in total. The number of carbonyl (C=O) groups excluding carboxylic acids is 1. The zero-order chi connectivity index (χ0) is 14.5. The SMILES string of the molecule is O=C(c1ccc2c(c1)CCCN2)N(CCO)CC(F)F. The van der Waals surface area contributed by atoms with Gasteiger partial charge in [0.25, 0.3) is 12.3 Å². The number of aryl methyl sites for hydroxylation is 1. The van der Waals surface area contributed by atoms with Gasteiger partial charge in [0, 0.05) is 24.3 Å². The molecule has 0 saturated heterocycles. The Hall–Kier alpha value is -1.69. The Morgan fingerprint density at radius 3 is 2.95 bits per heavy atom. The molecule has 0 atom stereocenters. The second-order valence-electron chi connectivity index (χ2n) is 4.77. The van der Waals surface area contributed by atoms with E-state index in [1.54, 1.807) is 18.2 Å². The number of alkyl halides is 2. The molecular weight excluding hydrogens is 266 g/mol. The van der Waals surface area contributed by atoms with Gasteiger partial charge in [0.1, 0.15) is 0 Å². The van der Waals surface area contributed by atoms with Crippen molar-refractivity contribution in [1.82, 2.24) is 4.90 Å². The predicted molar refractivity (Wildman–Crippen MR) is 72.2 cm³/mol. The predicted octanol–water partition coefficient (Wildman–Crippen LogP) is 1.74. The lowest BCUT2D eigenvalue weighted by molar-refractivity contribution is 0.0509. The topological polar surface area (TPSA) is 52.6 Å². The summed E-state index contributed by atoms with van der Waals surface area (Å²) in [5.41, 5.74) is 2.42. The fraction of sp³-hybridized carbons (Fsp3) is 0.500. The number of aliphatic hydroxyl groups is 1. The number of nitrogens with one attached hydrogen (secondary N) is 1. The van der Waals surface area contributed by atoms with Gasteiger partial charge in [-0.1, -0.05) is 0 Å². The van der Waals surface area contributed by atoms with Gasteiger partial charge >= 0.3 is 0 Å². The minimum Gasteiger partial charge on any atom is -0.395 e. The molecule has 1 aliphatic heterocycles. The number of halogens is 2. The molecule has 20 heavy (non-hydrogen) atoms. The lowest BCUT2D eigenvalue weighted by Gasteiger charge is -2.23. The van der Waals surface area contributed by atoms with E-state index in [9.17, 15) is 13.6 Å². The standard InChI is InChI=1S/C14H18F2N2O2/c15-13(16)9-18(6-7-19)14(20)11-3-4-12-10(8-11)2-1-5-17-12/h3-4,8,13,17,19H,1-2,5-7,9H2. The highest BCUT2D eigenvalue weighted by atomic mass is 19.3. The van der Waals surface area contributed by atoms with E-state index in [1.807, 2.05) is 0 Å². The first-order valence-electron chi connectivity index (χ1n) is 6.67. The number of fused-ring (bicyclic) bond motifs is 1. The van der Waals surface area contributed by atoms with E-state index >= 15 is 0 Å². The molecule has 1 heterocycles. The Bertz CT molecular complexity index is 480. The first kappa shape index (κ1) is 14.7. The quantitative estimate of drug-likeness (QED) is 0.866. The summed E-state index contributed by atoms with van der Waals surface area (Å²) in [5.74, 6) is -0.465. The second kappa shape index (κ2) is 6.65. The smallest absolute Gasteiger partial charge is 0.255 e. The number of carbonyl (C=O) groups is 1. The van der Waals surface area contributed by atoms with Crippen LogP contribution in [-0.4, -0.2) is 48.6 Å². The normalized spacial score (nSPS) is 13.8. The van der Waals surface area contributed by atoms with Gasteiger partial charge in [-0.2, -0.15) is 0 Å². The molecule has 1 aliphatic rings. The van der Waals surface area contributed by atoms with E-state index < -0.39 is 18.9 Å². The van der Waals surface area contributed by atoms with Crippen LogP contribution >= 0.6 is 0 Å². The van der Waals surface area contributed by atoms with Gasteiger partial charge in [0.2, 0.25) is 0 Å². The molecule has 0 spiro atoms. The monoisotopic (exact) mass is 284 g/mol. The van der Waals surface area contributed by atoms with Crippen molar-refractivity contribution >= 4 is 11.6 Å². The van der Waals surface area contributed by atoms with Crippen LogP contribution in [0.1, 0.15) is 22.3 Å². The van der Waals surface area contributed by atoms with E-state index in [0.717, 1.165) is 35.5 Å². The second-order valence-corrected chi connectivity index (χ2v) is 4.77. The molecule has 0 unspecified atom stereocenters. The number of anilines is 1. The van der Waals surface area contributed by atoms with E-state index in [2.05, 4.69) is 5.32 Å². The first-order valence-corrected chi connectivity index (χ1v) is 6.67. The Kier molecular flexibility index (Phi) is 4.89. The van der Waals surface area contributed by atoms with Crippen LogP contribution in [0, 0.1) is 0 Å². The Morgan fingerprint density at radius 1 is 1.45 bits per heavy atom. The maximum absolute atomic E-state index is 12.5. The molecule has 0 radical (unpaired) electrons.